The fourth-order valence-corrected chi connectivity index (χ4v) is 0. The molecule has 4 radical (unpaired) electrons. The summed E-state index contributed by atoms with van der Waals surface area (Å²) in [6.07, 6.45) is 0. The van der Waals surface area contributed by atoms with E-state index in [0.717, 1.165) is 0 Å². The molecule has 46 valence electrons. The molecule has 5 nitrogen and oxygen atoms in total. The van der Waals surface area contributed by atoms with E-state index in [1.165, 1.54) is 0 Å². The van der Waals surface area contributed by atoms with E-state index < -0.39 is 10.4 Å². The zero-order chi connectivity index (χ0) is 4.50. The first-order chi connectivity index (χ1) is 2.00. The van der Waals surface area contributed by atoms with E-state index in [1.54, 1.807) is 0 Å². The van der Waals surface area contributed by atoms with E-state index in [1.807, 2.05) is 0 Å². The van der Waals surface area contributed by atoms with E-state index >= 15 is 0 Å². The Balaban J connectivity index is -0.0000000800. The third-order valence-corrected chi connectivity index (χ3v) is 0. The fraction of sp³-hybridized carbons (Fsp3) is 0. The van der Waals surface area contributed by atoms with Crippen molar-refractivity contribution in [2.24, 2.45) is 0 Å². The molecule has 0 N–H and O–H groups in total. The Morgan fingerprint density at radius 2 is 1.14 bits per heavy atom. The summed E-state index contributed by atoms with van der Waals surface area (Å²) in [6.45, 7) is 0. The van der Waals surface area contributed by atoms with Gasteiger partial charge in [-0.05, 0) is 0 Å². The third kappa shape index (κ3) is 983. The minimum Gasteiger partial charge on any atom is -0.759 e. The van der Waals surface area contributed by atoms with Gasteiger partial charge < -0.3 is 9.11 Å². The number of hydrogen-bond donors (Lipinski definition) is 0. The maximum absolute atomic E-state index is 8.52. The zero-order valence-corrected chi connectivity index (χ0v) is 4.55. The second-order valence-corrected chi connectivity index (χ2v) is 1.22. The molecule has 0 rings (SSSR count). The maximum Gasteiger partial charge on any atom is 2.00 e. The molecular weight excluding hydrogens is 174 g/mol. The van der Waals surface area contributed by atoms with Crippen molar-refractivity contribution in [1.82, 2.24) is 6.15 Å². The van der Waals surface area contributed by atoms with Gasteiger partial charge in [0.15, 0.2) is 0 Å². The Kier molecular flexibility index (Phi) is 10.1. The smallest absolute Gasteiger partial charge is 0.759 e. The summed E-state index contributed by atoms with van der Waals surface area (Å²) in [4.78, 5) is 0. The van der Waals surface area contributed by atoms with Crippen LogP contribution >= 0.6 is 0 Å². The van der Waals surface area contributed by atoms with Crippen LogP contribution in [0.4, 0.5) is 0 Å². The van der Waals surface area contributed by atoms with Crippen molar-refractivity contribution in [3.63, 3.8) is 0 Å². The summed E-state index contributed by atoms with van der Waals surface area (Å²) < 4.78 is 34.1. The van der Waals surface area contributed by atoms with Crippen molar-refractivity contribution in [3.05, 3.63) is 0 Å². The van der Waals surface area contributed by atoms with Gasteiger partial charge in [0.05, 0.1) is 0 Å². The van der Waals surface area contributed by atoms with Gasteiger partial charge in [0.25, 0.3) is 0 Å². The Labute approximate surface area is 51.7 Å². The van der Waals surface area contributed by atoms with Gasteiger partial charge in [-0.3, -0.25) is 8.42 Å². The molecule has 0 atom stereocenters. The van der Waals surface area contributed by atoms with Crippen LogP contribution in [0.3, 0.4) is 0 Å². The molecule has 0 aliphatic carbocycles. The molecule has 0 heterocycles. The van der Waals surface area contributed by atoms with Gasteiger partial charge in [0.2, 0.25) is 0 Å². The molecule has 0 aromatic heterocycles. The van der Waals surface area contributed by atoms with Gasteiger partial charge in [-0.1, -0.05) is 0 Å². The summed E-state index contributed by atoms with van der Waals surface area (Å²) in [5, 5.41) is 0. The minimum absolute atomic E-state index is 0. The van der Waals surface area contributed by atoms with E-state index in [4.69, 9.17) is 17.5 Å². The van der Waals surface area contributed by atoms with Crippen LogP contribution in [0.25, 0.3) is 0 Å². The summed E-state index contributed by atoms with van der Waals surface area (Å²) >= 11 is 0. The van der Waals surface area contributed by atoms with Gasteiger partial charge in [0.1, 0.15) is 0 Å². The molecule has 0 bridgehead atoms. The summed E-state index contributed by atoms with van der Waals surface area (Å²) in [6, 6.07) is 0. The van der Waals surface area contributed by atoms with Crippen LogP contribution in [0.1, 0.15) is 0 Å². The van der Waals surface area contributed by atoms with Crippen LogP contribution in [-0.4, -0.2) is 17.5 Å². The van der Waals surface area contributed by atoms with Crippen molar-refractivity contribution in [3.8, 4) is 0 Å². The van der Waals surface area contributed by atoms with Crippen molar-refractivity contribution in [2.75, 3.05) is 0 Å². The van der Waals surface area contributed by atoms with E-state index in [9.17, 15) is 0 Å². The molecule has 0 saturated heterocycles. The average Bonchev–Trinajstić information content (AvgIpc) is 0.722. The largest absolute Gasteiger partial charge is 2.00 e. The molecule has 7 heteroatoms. The van der Waals surface area contributed by atoms with Crippen molar-refractivity contribution in [1.29, 1.82) is 0 Å². The van der Waals surface area contributed by atoms with Crippen molar-refractivity contribution in [2.45, 2.75) is 0 Å². The Morgan fingerprint density at radius 1 is 1.14 bits per heavy atom. The van der Waals surface area contributed by atoms with Crippen LogP contribution < -0.4 is 6.15 Å². The first-order valence-corrected chi connectivity index (χ1v) is 2.00. The number of hydrogen-bond acceptors (Lipinski definition) is 4. The van der Waals surface area contributed by atoms with Gasteiger partial charge in [0, 0.05) is 16.5 Å². The first kappa shape index (κ1) is 15.7. The van der Waals surface area contributed by atoms with Crippen molar-refractivity contribution < 1.29 is 34.6 Å². The molecule has 7 heavy (non-hydrogen) atoms. The molecule has 0 aromatic carbocycles. The molecule has 0 saturated carbocycles. The van der Waals surface area contributed by atoms with Gasteiger partial charge in [-0.2, -0.15) is 0 Å². The van der Waals surface area contributed by atoms with Crippen LogP contribution in [-0.2, 0) is 27.5 Å². The second kappa shape index (κ2) is 4.51. The van der Waals surface area contributed by atoms with Crippen LogP contribution in [0.15, 0.2) is 0 Å². The molecule has 0 aromatic rings. The normalized spacial score (nSPS) is 8.29. The average molecular weight is 174 g/mol. The Hall–Kier alpha value is 0.349. The number of rotatable bonds is 0. The molecule has 0 fully saturated rings. The second-order valence-electron chi connectivity index (χ2n) is 0.408. The van der Waals surface area contributed by atoms with Crippen LogP contribution in [0.2, 0.25) is 0 Å². The molecule has 0 amide bonds. The predicted octanol–water partition coefficient (Wildman–Crippen LogP) is -1.82. The van der Waals surface area contributed by atoms with Crippen LogP contribution in [0, 0.1) is 0 Å². The van der Waals surface area contributed by atoms with Gasteiger partial charge >= 0.3 is 17.1 Å². The predicted molar refractivity (Wildman–Crippen MR) is 12.6 cm³/mol. The van der Waals surface area contributed by atoms with Gasteiger partial charge in [-0.25, -0.2) is 0 Å². The molecule has 0 spiro atoms. The monoisotopic (exact) mass is 173 g/mol. The zero-order valence-electron chi connectivity index (χ0n) is 2.79. The summed E-state index contributed by atoms with van der Waals surface area (Å²) in [5.74, 6) is 0. The van der Waals surface area contributed by atoms with E-state index in [-0.39, 0.29) is 23.2 Å². The van der Waals surface area contributed by atoms with E-state index in [2.05, 4.69) is 0 Å². The molecule has 0 aliphatic heterocycles. The maximum atomic E-state index is 8.52. The summed E-state index contributed by atoms with van der Waals surface area (Å²) in [5.41, 5.74) is 0. The molecular formula is CuNO4S. The standard InChI is InChI=1S/Cu.N.H2O4S/c;;1-5(2,3)4/h;;(H2,1,2,3,4)/q+2;;/p-2. The topological polar surface area (TPSA) is 111 Å². The van der Waals surface area contributed by atoms with Crippen LogP contribution in [0.5, 0.6) is 0 Å². The Morgan fingerprint density at radius 3 is 1.14 bits per heavy atom. The van der Waals surface area contributed by atoms with Crippen molar-refractivity contribution >= 4 is 10.4 Å². The molecule has 0 aliphatic rings. The first-order valence-electron chi connectivity index (χ1n) is 0.667. The Bertz CT molecular complexity index is 94.9. The molecule has 0 unspecified atom stereocenters. The number of nitrogens with zero attached hydrogens (tertiary/aromatic N) is 1. The summed E-state index contributed by atoms with van der Waals surface area (Å²) in [7, 11) is -5.17. The SMILES string of the molecule is O=S(=O)([O-])[O-].[Cu+2].[N]. The van der Waals surface area contributed by atoms with E-state index in [0.29, 0.717) is 0 Å². The van der Waals surface area contributed by atoms with Gasteiger partial charge in [-0.15, -0.1) is 0 Å². The third-order valence-electron chi connectivity index (χ3n) is 0. The minimum atomic E-state index is -5.17. The quantitative estimate of drug-likeness (QED) is 0.244. The fourth-order valence-electron chi connectivity index (χ4n) is 0.